The van der Waals surface area contributed by atoms with Gasteiger partial charge in [-0.3, -0.25) is 4.79 Å². The molecule has 0 radical (unpaired) electrons. The minimum absolute atomic E-state index is 0.0586. The molecule has 0 aliphatic heterocycles. The molecule has 0 aromatic heterocycles. The van der Waals surface area contributed by atoms with Crippen molar-refractivity contribution in [2.45, 2.75) is 6.42 Å². The third kappa shape index (κ3) is 3.99. The average molecular weight is 307 g/mol. The van der Waals surface area contributed by atoms with Crippen molar-refractivity contribution in [2.24, 2.45) is 0 Å². The molecule has 0 saturated heterocycles. The van der Waals surface area contributed by atoms with Crippen LogP contribution in [0.5, 0.6) is 0 Å². The van der Waals surface area contributed by atoms with Crippen LogP contribution in [-0.4, -0.2) is 24.2 Å². The van der Waals surface area contributed by atoms with E-state index in [9.17, 15) is 4.79 Å². The van der Waals surface area contributed by atoms with Crippen LogP contribution in [-0.2, 0) is 4.79 Å². The van der Waals surface area contributed by atoms with Crippen LogP contribution < -0.4 is 4.90 Å². The molecule has 1 N–H and O–H groups in total. The van der Waals surface area contributed by atoms with Crippen molar-refractivity contribution in [1.82, 2.24) is 0 Å². The van der Waals surface area contributed by atoms with E-state index in [1.54, 1.807) is 4.90 Å². The molecule has 0 bridgehead atoms. The number of terminal acetylenes is 1. The standard InChI is InChI=1S/C12H10Cl3NO2/c1-2-4-16(5-3-11(17)18)12-9(14)6-8(13)7-10(12)15/h1,6-7H,3-5H2,(H,17,18). The third-order valence-corrected chi connectivity index (χ3v) is 2.97. The fraction of sp³-hybridized carbons (Fsp3) is 0.250. The van der Waals surface area contributed by atoms with Crippen molar-refractivity contribution in [3.8, 4) is 12.3 Å². The summed E-state index contributed by atoms with van der Waals surface area (Å²) >= 11 is 17.9. The van der Waals surface area contributed by atoms with E-state index in [1.807, 2.05) is 0 Å². The summed E-state index contributed by atoms with van der Waals surface area (Å²) in [4.78, 5) is 12.2. The summed E-state index contributed by atoms with van der Waals surface area (Å²) in [5, 5.41) is 9.79. The lowest BCUT2D eigenvalue weighted by Gasteiger charge is -2.24. The molecule has 6 heteroatoms. The van der Waals surface area contributed by atoms with E-state index >= 15 is 0 Å². The predicted molar refractivity (Wildman–Crippen MR) is 74.8 cm³/mol. The molecule has 96 valence electrons. The van der Waals surface area contributed by atoms with Crippen molar-refractivity contribution in [3.63, 3.8) is 0 Å². The largest absolute Gasteiger partial charge is 0.481 e. The fourth-order valence-corrected chi connectivity index (χ4v) is 2.50. The highest BCUT2D eigenvalue weighted by Gasteiger charge is 2.15. The quantitative estimate of drug-likeness (QED) is 0.846. The Labute approximate surface area is 120 Å². The topological polar surface area (TPSA) is 40.5 Å². The summed E-state index contributed by atoms with van der Waals surface area (Å²) in [6.07, 6.45) is 5.19. The monoisotopic (exact) mass is 305 g/mol. The number of hydrogen-bond acceptors (Lipinski definition) is 2. The molecule has 0 heterocycles. The highest BCUT2D eigenvalue weighted by atomic mass is 35.5. The minimum Gasteiger partial charge on any atom is -0.481 e. The molecule has 0 atom stereocenters. The minimum atomic E-state index is -0.918. The molecule has 0 spiro atoms. The van der Waals surface area contributed by atoms with Crippen molar-refractivity contribution < 1.29 is 9.90 Å². The van der Waals surface area contributed by atoms with Crippen molar-refractivity contribution >= 4 is 46.5 Å². The average Bonchev–Trinajstić information content (AvgIpc) is 2.24. The smallest absolute Gasteiger partial charge is 0.305 e. The van der Waals surface area contributed by atoms with Gasteiger partial charge in [-0.25, -0.2) is 0 Å². The van der Waals surface area contributed by atoms with E-state index in [0.717, 1.165) is 0 Å². The number of carbonyl (C=O) groups is 1. The van der Waals surface area contributed by atoms with Crippen LogP contribution in [0.1, 0.15) is 6.42 Å². The maximum Gasteiger partial charge on any atom is 0.305 e. The Balaban J connectivity index is 3.06. The zero-order valence-electron chi connectivity index (χ0n) is 9.29. The zero-order valence-corrected chi connectivity index (χ0v) is 11.6. The number of hydrogen-bond donors (Lipinski definition) is 1. The van der Waals surface area contributed by atoms with Gasteiger partial charge in [-0.1, -0.05) is 40.7 Å². The lowest BCUT2D eigenvalue weighted by Crippen LogP contribution is -2.27. The molecule has 0 amide bonds. The second kappa shape index (κ2) is 6.75. The molecule has 0 saturated carbocycles. The number of carboxylic acid groups (broad SMARTS) is 1. The van der Waals surface area contributed by atoms with Crippen molar-refractivity contribution in [1.29, 1.82) is 0 Å². The van der Waals surface area contributed by atoms with E-state index in [0.29, 0.717) is 20.8 Å². The number of aliphatic carboxylic acids is 1. The first-order valence-corrected chi connectivity index (χ1v) is 6.14. The maximum absolute atomic E-state index is 10.6. The lowest BCUT2D eigenvalue weighted by molar-refractivity contribution is -0.136. The van der Waals surface area contributed by atoms with E-state index in [4.69, 9.17) is 46.3 Å². The van der Waals surface area contributed by atoms with E-state index in [1.165, 1.54) is 12.1 Å². The number of benzene rings is 1. The molecular weight excluding hydrogens is 296 g/mol. The first-order valence-electron chi connectivity index (χ1n) is 5.00. The van der Waals surface area contributed by atoms with Crippen LogP contribution in [0.2, 0.25) is 15.1 Å². The normalized spacial score (nSPS) is 9.89. The molecule has 0 unspecified atom stereocenters. The molecular formula is C12H10Cl3NO2. The lowest BCUT2D eigenvalue weighted by atomic mass is 10.2. The first-order chi connectivity index (χ1) is 8.45. The molecule has 1 aromatic rings. The Morgan fingerprint density at radius 2 is 1.89 bits per heavy atom. The zero-order chi connectivity index (χ0) is 13.7. The van der Waals surface area contributed by atoms with Crippen molar-refractivity contribution in [3.05, 3.63) is 27.2 Å². The summed E-state index contributed by atoms with van der Waals surface area (Å²) in [6, 6.07) is 3.07. The highest BCUT2D eigenvalue weighted by molar-refractivity contribution is 6.41. The van der Waals surface area contributed by atoms with Gasteiger partial charge in [0.25, 0.3) is 0 Å². The van der Waals surface area contributed by atoms with Gasteiger partial charge in [0.2, 0.25) is 0 Å². The number of rotatable bonds is 5. The Kier molecular flexibility index (Phi) is 5.61. The van der Waals surface area contributed by atoms with Crippen molar-refractivity contribution in [2.75, 3.05) is 18.0 Å². The van der Waals surface area contributed by atoms with Crippen LogP contribution in [0.3, 0.4) is 0 Å². The fourth-order valence-electron chi connectivity index (χ4n) is 1.45. The van der Waals surface area contributed by atoms with Crippen LogP contribution in [0, 0.1) is 12.3 Å². The summed E-state index contributed by atoms with van der Waals surface area (Å²) in [5.74, 6) is 1.52. The second-order valence-corrected chi connectivity index (χ2v) is 4.74. The maximum atomic E-state index is 10.6. The molecule has 0 fully saturated rings. The van der Waals surface area contributed by atoms with Gasteiger partial charge in [0.05, 0.1) is 28.7 Å². The van der Waals surface area contributed by atoms with Gasteiger partial charge >= 0.3 is 5.97 Å². The predicted octanol–water partition coefficient (Wildman–Crippen LogP) is 3.56. The second-order valence-electron chi connectivity index (χ2n) is 3.49. The van der Waals surface area contributed by atoms with Gasteiger partial charge in [-0.15, -0.1) is 6.42 Å². The van der Waals surface area contributed by atoms with Gasteiger partial charge in [0.15, 0.2) is 0 Å². The summed E-state index contributed by atoms with van der Waals surface area (Å²) in [5.41, 5.74) is 0.502. The van der Waals surface area contributed by atoms with E-state index in [2.05, 4.69) is 5.92 Å². The van der Waals surface area contributed by atoms with Gasteiger partial charge in [-0.2, -0.15) is 0 Å². The van der Waals surface area contributed by atoms with Crippen LogP contribution >= 0.6 is 34.8 Å². The van der Waals surface area contributed by atoms with Crippen LogP contribution in [0.15, 0.2) is 12.1 Å². The summed E-state index contributed by atoms with van der Waals surface area (Å²) in [6.45, 7) is 0.439. The summed E-state index contributed by atoms with van der Waals surface area (Å²) in [7, 11) is 0. The SMILES string of the molecule is C#CCN(CCC(=O)O)c1c(Cl)cc(Cl)cc1Cl. The first kappa shape index (κ1) is 15.0. The van der Waals surface area contributed by atoms with Crippen LogP contribution in [0.4, 0.5) is 5.69 Å². The molecule has 3 nitrogen and oxygen atoms in total. The summed E-state index contributed by atoms with van der Waals surface area (Å²) < 4.78 is 0. The number of carboxylic acids is 1. The van der Waals surface area contributed by atoms with E-state index in [-0.39, 0.29) is 19.5 Å². The molecule has 1 rings (SSSR count). The number of halogens is 3. The highest BCUT2D eigenvalue weighted by Crippen LogP contribution is 2.36. The molecule has 0 aliphatic rings. The third-order valence-electron chi connectivity index (χ3n) is 2.18. The van der Waals surface area contributed by atoms with Gasteiger partial charge < -0.3 is 10.0 Å². The molecule has 18 heavy (non-hydrogen) atoms. The Bertz CT molecular complexity index is 474. The number of nitrogens with zero attached hydrogens (tertiary/aromatic N) is 1. The Hall–Kier alpha value is -1.08. The Morgan fingerprint density at radius 1 is 1.33 bits per heavy atom. The number of anilines is 1. The molecule has 1 aromatic carbocycles. The Morgan fingerprint density at radius 3 is 2.33 bits per heavy atom. The molecule has 0 aliphatic carbocycles. The van der Waals surface area contributed by atoms with Gasteiger partial charge in [0.1, 0.15) is 0 Å². The van der Waals surface area contributed by atoms with Gasteiger partial charge in [0, 0.05) is 11.6 Å². The van der Waals surface area contributed by atoms with E-state index < -0.39 is 5.97 Å². The van der Waals surface area contributed by atoms with Gasteiger partial charge in [-0.05, 0) is 12.1 Å². The van der Waals surface area contributed by atoms with Crippen LogP contribution in [0.25, 0.3) is 0 Å².